The van der Waals surface area contributed by atoms with Gasteiger partial charge in [0, 0.05) is 19.1 Å². The van der Waals surface area contributed by atoms with Gasteiger partial charge in [-0.2, -0.15) is 4.31 Å². The summed E-state index contributed by atoms with van der Waals surface area (Å²) in [4.78, 5) is -0.247. The molecular weight excluding hydrogens is 315 g/mol. The monoisotopic (exact) mass is 336 g/mol. The van der Waals surface area contributed by atoms with E-state index in [4.69, 9.17) is 5.73 Å². The highest BCUT2D eigenvalue weighted by Gasteiger charge is 2.39. The minimum Gasteiger partial charge on any atom is -0.327 e. The molecule has 1 atom stereocenters. The van der Waals surface area contributed by atoms with Crippen molar-refractivity contribution in [1.29, 1.82) is 0 Å². The summed E-state index contributed by atoms with van der Waals surface area (Å²) in [6.45, 7) is 6.08. The molecular formula is C14H22ClFN2O2S. The lowest BCUT2D eigenvalue weighted by atomic mass is 9.81. The van der Waals surface area contributed by atoms with Gasteiger partial charge in [-0.3, -0.25) is 0 Å². The lowest BCUT2D eigenvalue weighted by Crippen LogP contribution is -2.53. The smallest absolute Gasteiger partial charge is 0.246 e. The second kappa shape index (κ2) is 6.20. The molecule has 0 radical (unpaired) electrons. The van der Waals surface area contributed by atoms with Crippen LogP contribution in [0.2, 0.25) is 0 Å². The predicted octanol–water partition coefficient (Wildman–Crippen LogP) is 2.30. The molecule has 120 valence electrons. The van der Waals surface area contributed by atoms with E-state index < -0.39 is 15.8 Å². The number of rotatable bonds is 2. The van der Waals surface area contributed by atoms with Gasteiger partial charge in [-0.15, -0.1) is 12.4 Å². The van der Waals surface area contributed by atoms with Crippen LogP contribution in [0.1, 0.15) is 25.8 Å². The number of sulfonamides is 1. The zero-order valence-electron chi connectivity index (χ0n) is 12.5. The minimum atomic E-state index is -3.81. The molecule has 1 unspecified atom stereocenters. The van der Waals surface area contributed by atoms with Crippen molar-refractivity contribution in [3.8, 4) is 0 Å². The normalized spacial score (nSPS) is 22.6. The summed E-state index contributed by atoms with van der Waals surface area (Å²) >= 11 is 0. The van der Waals surface area contributed by atoms with E-state index in [-0.39, 0.29) is 28.8 Å². The van der Waals surface area contributed by atoms with Gasteiger partial charge in [0.15, 0.2) is 0 Å². The molecule has 4 nitrogen and oxygen atoms in total. The summed E-state index contributed by atoms with van der Waals surface area (Å²) in [6.07, 6.45) is 0.583. The molecule has 21 heavy (non-hydrogen) atoms. The van der Waals surface area contributed by atoms with Crippen molar-refractivity contribution in [2.24, 2.45) is 11.1 Å². The molecule has 1 heterocycles. The Morgan fingerprint density at radius 1 is 1.38 bits per heavy atom. The van der Waals surface area contributed by atoms with E-state index in [0.717, 1.165) is 0 Å². The molecule has 0 saturated carbocycles. The van der Waals surface area contributed by atoms with Gasteiger partial charge in [0.1, 0.15) is 10.7 Å². The lowest BCUT2D eigenvalue weighted by Gasteiger charge is -2.41. The van der Waals surface area contributed by atoms with Crippen LogP contribution >= 0.6 is 12.4 Å². The van der Waals surface area contributed by atoms with Gasteiger partial charge in [-0.1, -0.05) is 26.0 Å². The van der Waals surface area contributed by atoms with Crippen molar-refractivity contribution in [1.82, 2.24) is 4.31 Å². The van der Waals surface area contributed by atoms with E-state index in [1.807, 2.05) is 13.8 Å². The maximum Gasteiger partial charge on any atom is 0.246 e. The Hall–Kier alpha value is -0.690. The summed E-state index contributed by atoms with van der Waals surface area (Å²) in [7, 11) is -3.81. The van der Waals surface area contributed by atoms with E-state index in [9.17, 15) is 12.8 Å². The molecule has 0 amide bonds. The van der Waals surface area contributed by atoms with Gasteiger partial charge in [-0.25, -0.2) is 12.8 Å². The Morgan fingerprint density at radius 2 is 2.00 bits per heavy atom. The fourth-order valence-electron chi connectivity index (χ4n) is 2.49. The molecule has 0 spiro atoms. The Kier molecular flexibility index (Phi) is 5.42. The van der Waals surface area contributed by atoms with Crippen LogP contribution in [0.3, 0.4) is 0 Å². The van der Waals surface area contributed by atoms with E-state index >= 15 is 0 Å². The van der Waals surface area contributed by atoms with E-state index in [1.54, 1.807) is 19.1 Å². The van der Waals surface area contributed by atoms with E-state index in [1.165, 1.54) is 10.4 Å². The molecule has 7 heteroatoms. The quantitative estimate of drug-likeness (QED) is 0.901. The highest BCUT2D eigenvalue weighted by molar-refractivity contribution is 7.89. The molecule has 1 fully saturated rings. The standard InChI is InChI=1S/C14H21FN2O2S.ClH/c1-10-5-4-6-11(13(10)15)20(18,19)17-8-7-12(16)14(2,3)9-17;/h4-6,12H,7-9,16H2,1-3H3;1H. The maximum absolute atomic E-state index is 14.1. The average molecular weight is 337 g/mol. The van der Waals surface area contributed by atoms with Crippen molar-refractivity contribution >= 4 is 22.4 Å². The topological polar surface area (TPSA) is 63.4 Å². The molecule has 0 aliphatic carbocycles. The molecule has 2 rings (SSSR count). The highest BCUT2D eigenvalue weighted by atomic mass is 35.5. The number of benzene rings is 1. The third-order valence-electron chi connectivity index (χ3n) is 4.05. The van der Waals surface area contributed by atoms with Crippen LogP contribution in [-0.2, 0) is 10.0 Å². The first-order valence-electron chi connectivity index (χ1n) is 6.67. The molecule has 1 aromatic rings. The van der Waals surface area contributed by atoms with Crippen molar-refractivity contribution in [2.45, 2.75) is 38.1 Å². The van der Waals surface area contributed by atoms with Crippen molar-refractivity contribution in [3.05, 3.63) is 29.6 Å². The van der Waals surface area contributed by atoms with Crippen molar-refractivity contribution in [3.63, 3.8) is 0 Å². The van der Waals surface area contributed by atoms with Gasteiger partial charge in [-0.05, 0) is 30.4 Å². The highest BCUT2D eigenvalue weighted by Crippen LogP contribution is 2.32. The Labute approximate surface area is 132 Å². The van der Waals surface area contributed by atoms with Crippen LogP contribution in [0.15, 0.2) is 23.1 Å². The predicted molar refractivity (Wildman–Crippen MR) is 83.5 cm³/mol. The van der Waals surface area contributed by atoms with Crippen LogP contribution in [0.25, 0.3) is 0 Å². The van der Waals surface area contributed by atoms with Gasteiger partial charge in [0.2, 0.25) is 10.0 Å². The number of hydrogen-bond donors (Lipinski definition) is 1. The van der Waals surface area contributed by atoms with E-state index in [0.29, 0.717) is 25.1 Å². The molecule has 0 bridgehead atoms. The summed E-state index contributed by atoms with van der Waals surface area (Å²) in [5.41, 5.74) is 6.03. The Morgan fingerprint density at radius 3 is 2.57 bits per heavy atom. The number of nitrogens with zero attached hydrogens (tertiary/aromatic N) is 1. The van der Waals surface area contributed by atoms with Gasteiger partial charge < -0.3 is 5.73 Å². The van der Waals surface area contributed by atoms with Crippen LogP contribution in [0.4, 0.5) is 4.39 Å². The first-order chi connectivity index (χ1) is 9.16. The largest absolute Gasteiger partial charge is 0.327 e. The Balaban J connectivity index is 0.00000220. The van der Waals surface area contributed by atoms with Crippen molar-refractivity contribution in [2.75, 3.05) is 13.1 Å². The molecule has 1 aliphatic rings. The number of aryl methyl sites for hydroxylation is 1. The molecule has 0 aromatic heterocycles. The van der Waals surface area contributed by atoms with Crippen LogP contribution in [-0.4, -0.2) is 31.9 Å². The third-order valence-corrected chi connectivity index (χ3v) is 5.91. The summed E-state index contributed by atoms with van der Waals surface area (Å²) in [6, 6.07) is 4.40. The van der Waals surface area contributed by atoms with Crippen LogP contribution in [0.5, 0.6) is 0 Å². The second-order valence-electron chi connectivity index (χ2n) is 6.11. The number of hydrogen-bond acceptors (Lipinski definition) is 3. The van der Waals surface area contributed by atoms with Crippen LogP contribution < -0.4 is 5.73 Å². The van der Waals surface area contributed by atoms with Gasteiger partial charge in [0.25, 0.3) is 0 Å². The van der Waals surface area contributed by atoms with Crippen LogP contribution in [0, 0.1) is 18.2 Å². The number of piperidine rings is 1. The summed E-state index contributed by atoms with van der Waals surface area (Å²) in [5, 5.41) is 0. The van der Waals surface area contributed by atoms with Gasteiger partial charge >= 0.3 is 0 Å². The minimum absolute atomic E-state index is 0. The van der Waals surface area contributed by atoms with Crippen molar-refractivity contribution < 1.29 is 12.8 Å². The average Bonchev–Trinajstić information content (AvgIpc) is 2.35. The summed E-state index contributed by atoms with van der Waals surface area (Å²) in [5.74, 6) is -0.667. The zero-order valence-corrected chi connectivity index (χ0v) is 14.1. The zero-order chi connectivity index (χ0) is 15.1. The third kappa shape index (κ3) is 3.39. The Bertz CT molecular complexity index is 619. The fourth-order valence-corrected chi connectivity index (χ4v) is 4.25. The van der Waals surface area contributed by atoms with E-state index in [2.05, 4.69) is 0 Å². The lowest BCUT2D eigenvalue weighted by molar-refractivity contribution is 0.155. The fraction of sp³-hybridized carbons (Fsp3) is 0.571. The van der Waals surface area contributed by atoms with Gasteiger partial charge in [0.05, 0.1) is 0 Å². The maximum atomic E-state index is 14.1. The molecule has 1 aromatic carbocycles. The SMILES string of the molecule is Cc1cccc(S(=O)(=O)N2CCC(N)C(C)(C)C2)c1F.Cl. The number of halogens is 2. The first kappa shape index (κ1) is 18.4. The molecule has 2 N–H and O–H groups in total. The molecule has 1 saturated heterocycles. The molecule has 1 aliphatic heterocycles. The first-order valence-corrected chi connectivity index (χ1v) is 8.11. The number of nitrogens with two attached hydrogens (primary N) is 1. The summed E-state index contributed by atoms with van der Waals surface area (Å²) < 4.78 is 40.6. The second-order valence-corrected chi connectivity index (χ2v) is 8.02.